The monoisotopic (exact) mass is 276 g/mol. The summed E-state index contributed by atoms with van der Waals surface area (Å²) in [5.74, 6) is 3.15. The molecule has 4 rings (SSSR count). The average molecular weight is 276 g/mol. The predicted octanol–water partition coefficient (Wildman–Crippen LogP) is 3.37. The molecule has 2 saturated carbocycles. The van der Waals surface area contributed by atoms with Gasteiger partial charge >= 0.3 is 0 Å². The van der Waals surface area contributed by atoms with Crippen LogP contribution >= 0.6 is 0 Å². The van der Waals surface area contributed by atoms with E-state index in [0.717, 1.165) is 29.8 Å². The summed E-state index contributed by atoms with van der Waals surface area (Å²) < 4.78 is 0. The Labute approximate surface area is 124 Å². The van der Waals surface area contributed by atoms with Crippen molar-refractivity contribution in [2.45, 2.75) is 70.4 Å². The second-order valence-electron chi connectivity index (χ2n) is 8.23. The lowest BCUT2D eigenvalue weighted by atomic mass is 9.90. The molecule has 2 bridgehead atoms. The lowest BCUT2D eigenvalue weighted by Crippen LogP contribution is -2.50. The largest absolute Gasteiger partial charge is 0.300 e. The van der Waals surface area contributed by atoms with Gasteiger partial charge in [0.1, 0.15) is 0 Å². The quantitative estimate of drug-likeness (QED) is 0.763. The third-order valence-electron chi connectivity index (χ3n) is 7.00. The summed E-state index contributed by atoms with van der Waals surface area (Å²) in [4.78, 5) is 5.70. The highest BCUT2D eigenvalue weighted by molar-refractivity contribution is 4.97. The Hall–Kier alpha value is -0.0800. The van der Waals surface area contributed by atoms with Crippen LogP contribution in [0, 0.1) is 17.8 Å². The summed E-state index contributed by atoms with van der Waals surface area (Å²) in [6.45, 7) is 7.96. The van der Waals surface area contributed by atoms with Crippen molar-refractivity contribution in [3.8, 4) is 0 Å². The Bertz CT molecular complexity index is 326. The van der Waals surface area contributed by atoms with Crippen LogP contribution in [0.25, 0.3) is 0 Å². The number of fused-ring (bicyclic) bond motifs is 2. The van der Waals surface area contributed by atoms with E-state index in [1.165, 1.54) is 58.3 Å². The minimum Gasteiger partial charge on any atom is -0.300 e. The van der Waals surface area contributed by atoms with Gasteiger partial charge in [0, 0.05) is 12.1 Å². The number of hydrogen-bond acceptors (Lipinski definition) is 2. The van der Waals surface area contributed by atoms with Gasteiger partial charge in [0.25, 0.3) is 0 Å². The smallest absolute Gasteiger partial charge is 0.0126 e. The van der Waals surface area contributed by atoms with Crippen LogP contribution in [0.15, 0.2) is 0 Å². The molecule has 0 N–H and O–H groups in total. The van der Waals surface area contributed by atoms with Crippen LogP contribution in [-0.2, 0) is 0 Å². The van der Waals surface area contributed by atoms with Gasteiger partial charge < -0.3 is 4.90 Å². The molecule has 0 spiro atoms. The van der Waals surface area contributed by atoms with Crippen molar-refractivity contribution in [2.24, 2.45) is 17.8 Å². The molecule has 0 aromatic carbocycles. The summed E-state index contributed by atoms with van der Waals surface area (Å²) in [6.07, 6.45) is 12.0. The van der Waals surface area contributed by atoms with E-state index in [1.807, 2.05) is 0 Å². The molecular weight excluding hydrogens is 244 g/mol. The zero-order valence-corrected chi connectivity index (χ0v) is 13.3. The Morgan fingerprint density at radius 3 is 2.00 bits per heavy atom. The van der Waals surface area contributed by atoms with Crippen molar-refractivity contribution in [3.05, 3.63) is 0 Å². The van der Waals surface area contributed by atoms with Crippen LogP contribution in [0.4, 0.5) is 0 Å². The van der Waals surface area contributed by atoms with E-state index in [0.29, 0.717) is 0 Å². The van der Waals surface area contributed by atoms with Crippen molar-refractivity contribution in [2.75, 3.05) is 26.2 Å². The number of piperidine rings is 2. The molecule has 2 aliphatic carbocycles. The topological polar surface area (TPSA) is 6.48 Å². The van der Waals surface area contributed by atoms with E-state index in [9.17, 15) is 0 Å². The van der Waals surface area contributed by atoms with Crippen molar-refractivity contribution in [3.63, 3.8) is 0 Å². The van der Waals surface area contributed by atoms with Crippen LogP contribution in [0.2, 0.25) is 0 Å². The molecule has 0 amide bonds. The second kappa shape index (κ2) is 5.61. The molecule has 0 aromatic rings. The standard InChI is InChI=1S/C18H32N2/c1-14-4-8-19(9-5-14)17-6-10-20(11-7-17)18-13-15-2-3-16(18)12-15/h14-18H,2-13H2,1H3/t15-,16+,18-/m0/s1. The van der Waals surface area contributed by atoms with E-state index < -0.39 is 0 Å². The number of nitrogens with zero attached hydrogens (tertiary/aromatic N) is 2. The zero-order valence-electron chi connectivity index (χ0n) is 13.3. The number of likely N-dealkylation sites (tertiary alicyclic amines) is 2. The van der Waals surface area contributed by atoms with Crippen molar-refractivity contribution in [1.29, 1.82) is 0 Å². The summed E-state index contributed by atoms with van der Waals surface area (Å²) in [7, 11) is 0. The van der Waals surface area contributed by atoms with Crippen molar-refractivity contribution >= 4 is 0 Å². The molecule has 2 heteroatoms. The summed E-state index contributed by atoms with van der Waals surface area (Å²) >= 11 is 0. The molecule has 2 aliphatic heterocycles. The van der Waals surface area contributed by atoms with E-state index in [1.54, 1.807) is 19.3 Å². The Morgan fingerprint density at radius 1 is 0.700 bits per heavy atom. The van der Waals surface area contributed by atoms with Crippen LogP contribution in [-0.4, -0.2) is 48.1 Å². The lowest BCUT2D eigenvalue weighted by molar-refractivity contribution is 0.0497. The molecule has 2 nitrogen and oxygen atoms in total. The predicted molar refractivity (Wildman–Crippen MR) is 83.8 cm³/mol. The molecule has 114 valence electrons. The second-order valence-corrected chi connectivity index (χ2v) is 8.23. The molecule has 3 atom stereocenters. The van der Waals surface area contributed by atoms with Gasteiger partial charge in [-0.3, -0.25) is 4.90 Å². The van der Waals surface area contributed by atoms with Gasteiger partial charge in [-0.15, -0.1) is 0 Å². The van der Waals surface area contributed by atoms with Crippen molar-refractivity contribution in [1.82, 2.24) is 9.80 Å². The van der Waals surface area contributed by atoms with Crippen LogP contribution in [0.1, 0.15) is 58.3 Å². The maximum atomic E-state index is 2.88. The van der Waals surface area contributed by atoms with Crippen LogP contribution < -0.4 is 0 Å². The maximum absolute atomic E-state index is 2.88. The fourth-order valence-corrected chi connectivity index (χ4v) is 5.63. The highest BCUT2D eigenvalue weighted by atomic mass is 15.2. The van der Waals surface area contributed by atoms with E-state index in [4.69, 9.17) is 0 Å². The first-order chi connectivity index (χ1) is 9.79. The average Bonchev–Trinajstić information content (AvgIpc) is 3.11. The minimum absolute atomic E-state index is 0.914. The van der Waals surface area contributed by atoms with E-state index >= 15 is 0 Å². The fourth-order valence-electron chi connectivity index (χ4n) is 5.63. The molecule has 2 saturated heterocycles. The summed E-state index contributed by atoms with van der Waals surface area (Å²) in [5.41, 5.74) is 0. The van der Waals surface area contributed by atoms with Crippen LogP contribution in [0.3, 0.4) is 0 Å². The SMILES string of the molecule is CC1CCN(C2CCN([C@H]3C[C@H]4CC[C@@H]3C4)CC2)CC1. The molecule has 0 aromatic heterocycles. The zero-order chi connectivity index (χ0) is 13.5. The first kappa shape index (κ1) is 13.6. The Kier molecular flexibility index (Phi) is 3.80. The van der Waals surface area contributed by atoms with Gasteiger partial charge in [-0.2, -0.15) is 0 Å². The molecule has 4 aliphatic rings. The normalized spacial score (nSPS) is 41.5. The van der Waals surface area contributed by atoms with Gasteiger partial charge in [-0.25, -0.2) is 0 Å². The molecule has 4 fully saturated rings. The molecular formula is C18H32N2. The number of hydrogen-bond donors (Lipinski definition) is 0. The Balaban J connectivity index is 1.28. The Morgan fingerprint density at radius 2 is 1.40 bits per heavy atom. The third kappa shape index (κ3) is 2.54. The third-order valence-corrected chi connectivity index (χ3v) is 7.00. The summed E-state index contributed by atoms with van der Waals surface area (Å²) in [5, 5.41) is 0. The first-order valence-electron chi connectivity index (χ1n) is 9.27. The van der Waals surface area contributed by atoms with Gasteiger partial charge in [0.15, 0.2) is 0 Å². The highest BCUT2D eigenvalue weighted by Gasteiger charge is 2.43. The van der Waals surface area contributed by atoms with Crippen molar-refractivity contribution < 1.29 is 0 Å². The molecule has 2 heterocycles. The maximum Gasteiger partial charge on any atom is 0.0126 e. The van der Waals surface area contributed by atoms with Gasteiger partial charge in [-0.1, -0.05) is 13.3 Å². The highest BCUT2D eigenvalue weighted by Crippen LogP contribution is 2.47. The minimum atomic E-state index is 0.914. The molecule has 0 unspecified atom stereocenters. The van der Waals surface area contributed by atoms with Crippen LogP contribution in [0.5, 0.6) is 0 Å². The lowest BCUT2D eigenvalue weighted by Gasteiger charge is -2.44. The fraction of sp³-hybridized carbons (Fsp3) is 1.00. The van der Waals surface area contributed by atoms with Gasteiger partial charge in [0.05, 0.1) is 0 Å². The van der Waals surface area contributed by atoms with Gasteiger partial charge in [-0.05, 0) is 88.9 Å². The van der Waals surface area contributed by atoms with E-state index in [2.05, 4.69) is 16.7 Å². The number of rotatable bonds is 2. The first-order valence-corrected chi connectivity index (χ1v) is 9.27. The van der Waals surface area contributed by atoms with E-state index in [-0.39, 0.29) is 0 Å². The van der Waals surface area contributed by atoms with Gasteiger partial charge in [0.2, 0.25) is 0 Å². The molecule has 0 radical (unpaired) electrons. The molecule has 20 heavy (non-hydrogen) atoms. The summed E-state index contributed by atoms with van der Waals surface area (Å²) in [6, 6.07) is 1.90.